The average molecular weight is 304 g/mol. The molecule has 2 atom stereocenters. The van der Waals surface area contributed by atoms with E-state index in [0.717, 1.165) is 25.0 Å². The Morgan fingerprint density at radius 2 is 1.80 bits per heavy atom. The van der Waals surface area contributed by atoms with Gasteiger partial charge < -0.3 is 5.11 Å². The summed E-state index contributed by atoms with van der Waals surface area (Å²) in [6, 6.07) is 4.88. The van der Waals surface area contributed by atoms with Crippen LogP contribution in [0.5, 0.6) is 0 Å². The van der Waals surface area contributed by atoms with Crippen LogP contribution in [0.25, 0.3) is 0 Å². The molecule has 2 saturated heterocycles. The summed E-state index contributed by atoms with van der Waals surface area (Å²) >= 11 is 0. The zero-order valence-corrected chi connectivity index (χ0v) is 11.5. The van der Waals surface area contributed by atoms with Gasteiger partial charge in [0.25, 0.3) is 0 Å². The Hall–Kier alpha value is -0.880. The lowest BCUT2D eigenvalue weighted by molar-refractivity contribution is -0.137. The van der Waals surface area contributed by atoms with Crippen molar-refractivity contribution in [2.75, 3.05) is 0 Å². The van der Waals surface area contributed by atoms with E-state index < -0.39 is 28.1 Å². The maximum Gasteiger partial charge on any atom is 0.416 e. The van der Waals surface area contributed by atoms with Crippen LogP contribution in [0.15, 0.2) is 24.3 Å². The van der Waals surface area contributed by atoms with E-state index in [9.17, 15) is 22.5 Å². The lowest BCUT2D eigenvalue weighted by Gasteiger charge is -2.36. The highest BCUT2D eigenvalue weighted by molar-refractivity contribution is 7.86. The minimum absolute atomic E-state index is 0.0895. The molecule has 0 radical (unpaired) electrons. The van der Waals surface area contributed by atoms with Crippen LogP contribution in [-0.4, -0.2) is 19.8 Å². The van der Waals surface area contributed by atoms with Gasteiger partial charge in [0.15, 0.2) is 0 Å². The number of alkyl halides is 3. The summed E-state index contributed by atoms with van der Waals surface area (Å²) in [5, 5.41) is 10.6. The largest absolute Gasteiger partial charge is 0.416 e. The predicted octanol–water partition coefficient (Wildman–Crippen LogP) is 2.97. The third kappa shape index (κ3) is 2.29. The number of hydrogen-bond acceptors (Lipinski definition) is 2. The third-order valence-electron chi connectivity index (χ3n) is 4.33. The molecule has 1 N–H and O–H groups in total. The van der Waals surface area contributed by atoms with Gasteiger partial charge in [0.05, 0.1) is 11.2 Å². The Morgan fingerprint density at radius 3 is 2.35 bits per heavy atom. The molecule has 2 aliphatic heterocycles. The van der Waals surface area contributed by atoms with Gasteiger partial charge in [0, 0.05) is 21.3 Å². The van der Waals surface area contributed by atoms with E-state index >= 15 is 0 Å². The second-order valence-electron chi connectivity index (χ2n) is 5.67. The highest BCUT2D eigenvalue weighted by atomic mass is 32.2. The van der Waals surface area contributed by atoms with Crippen LogP contribution in [-0.2, 0) is 22.6 Å². The van der Waals surface area contributed by atoms with Crippen molar-refractivity contribution in [1.29, 1.82) is 0 Å². The number of rotatable bonds is 1. The highest BCUT2D eigenvalue weighted by Crippen LogP contribution is 2.46. The average Bonchev–Trinajstić information content (AvgIpc) is 2.62. The van der Waals surface area contributed by atoms with E-state index in [1.165, 1.54) is 12.1 Å². The molecule has 0 saturated carbocycles. The van der Waals surface area contributed by atoms with Crippen molar-refractivity contribution in [3.05, 3.63) is 35.4 Å². The van der Waals surface area contributed by atoms with Gasteiger partial charge in [-0.3, -0.25) is 4.21 Å². The van der Waals surface area contributed by atoms with Crippen molar-refractivity contribution in [2.24, 2.45) is 0 Å². The van der Waals surface area contributed by atoms with Crippen molar-refractivity contribution in [2.45, 2.75) is 48.0 Å². The van der Waals surface area contributed by atoms with E-state index in [1.54, 1.807) is 0 Å². The first-order valence-corrected chi connectivity index (χ1v) is 7.87. The predicted molar refractivity (Wildman–Crippen MR) is 69.5 cm³/mol. The van der Waals surface area contributed by atoms with Crippen molar-refractivity contribution in [3.8, 4) is 0 Å². The van der Waals surface area contributed by atoms with Crippen molar-refractivity contribution < 1.29 is 22.5 Å². The van der Waals surface area contributed by atoms with Crippen LogP contribution in [0.1, 0.15) is 36.8 Å². The molecule has 2 aliphatic rings. The molecule has 20 heavy (non-hydrogen) atoms. The Balaban J connectivity index is 1.95. The summed E-state index contributed by atoms with van der Waals surface area (Å²) in [6.45, 7) is 0. The van der Waals surface area contributed by atoms with Gasteiger partial charge in [-0.05, 0) is 43.4 Å². The Bertz CT molecular complexity index is 540. The number of benzene rings is 1. The number of hydrogen-bond donors (Lipinski definition) is 1. The topological polar surface area (TPSA) is 37.3 Å². The van der Waals surface area contributed by atoms with Crippen LogP contribution >= 0.6 is 0 Å². The van der Waals surface area contributed by atoms with Crippen LogP contribution in [0, 0.1) is 0 Å². The SMILES string of the molecule is O=S1C2CCC1CC(O)(c1cccc(C(F)(F)F)c1)C2. The lowest BCUT2D eigenvalue weighted by atomic mass is 9.85. The molecule has 1 aromatic rings. The van der Waals surface area contributed by atoms with Gasteiger partial charge in [-0.1, -0.05) is 12.1 Å². The first-order valence-electron chi connectivity index (χ1n) is 6.59. The standard InChI is InChI=1S/C14H15F3O2S/c15-14(16,17)10-3-1-2-9(6-10)13(18)7-11-4-5-12(8-13)20(11)19/h1-3,6,11-12,18H,4-5,7-8H2. The van der Waals surface area contributed by atoms with Crippen molar-refractivity contribution in [1.82, 2.24) is 0 Å². The summed E-state index contributed by atoms with van der Waals surface area (Å²) in [5.74, 6) is 0. The van der Waals surface area contributed by atoms with Crippen LogP contribution in [0.2, 0.25) is 0 Å². The van der Waals surface area contributed by atoms with E-state index in [4.69, 9.17) is 0 Å². The maximum atomic E-state index is 12.8. The minimum Gasteiger partial charge on any atom is -0.385 e. The summed E-state index contributed by atoms with van der Waals surface area (Å²) in [6.07, 6.45) is -2.26. The molecule has 2 heterocycles. The zero-order chi connectivity index (χ0) is 14.5. The first kappa shape index (κ1) is 14.1. The molecule has 110 valence electrons. The molecule has 2 nitrogen and oxygen atoms in total. The second kappa shape index (κ2) is 4.56. The van der Waals surface area contributed by atoms with E-state index in [2.05, 4.69) is 0 Å². The summed E-state index contributed by atoms with van der Waals surface area (Å²) in [7, 11) is -0.944. The van der Waals surface area contributed by atoms with Crippen LogP contribution < -0.4 is 0 Å². The van der Waals surface area contributed by atoms with Gasteiger partial charge >= 0.3 is 6.18 Å². The first-order chi connectivity index (χ1) is 9.29. The van der Waals surface area contributed by atoms with Gasteiger partial charge in [-0.15, -0.1) is 0 Å². The molecule has 2 unspecified atom stereocenters. The molecule has 6 heteroatoms. The third-order valence-corrected chi connectivity index (χ3v) is 6.44. The fourth-order valence-corrected chi connectivity index (χ4v) is 5.46. The van der Waals surface area contributed by atoms with Crippen molar-refractivity contribution >= 4 is 10.8 Å². The molecule has 1 aromatic carbocycles. The molecule has 0 aromatic heterocycles. The quantitative estimate of drug-likeness (QED) is 0.866. The van der Waals surface area contributed by atoms with Crippen LogP contribution in [0.4, 0.5) is 13.2 Å². The van der Waals surface area contributed by atoms with Gasteiger partial charge in [0.1, 0.15) is 0 Å². The summed E-state index contributed by atoms with van der Waals surface area (Å²) < 4.78 is 50.2. The molecule has 3 rings (SSSR count). The molecule has 2 bridgehead atoms. The smallest absolute Gasteiger partial charge is 0.385 e. The Labute approximate surface area is 117 Å². The Kier molecular flexibility index (Phi) is 3.21. The van der Waals surface area contributed by atoms with E-state index in [0.29, 0.717) is 5.56 Å². The molecule has 0 amide bonds. The second-order valence-corrected chi connectivity index (χ2v) is 7.66. The van der Waals surface area contributed by atoms with E-state index in [-0.39, 0.29) is 23.3 Å². The zero-order valence-electron chi connectivity index (χ0n) is 10.7. The molecular weight excluding hydrogens is 289 g/mol. The molecule has 0 aliphatic carbocycles. The fourth-order valence-electron chi connectivity index (χ4n) is 3.30. The van der Waals surface area contributed by atoms with Gasteiger partial charge in [-0.2, -0.15) is 13.2 Å². The van der Waals surface area contributed by atoms with Crippen molar-refractivity contribution in [3.63, 3.8) is 0 Å². The Morgan fingerprint density at radius 1 is 1.20 bits per heavy atom. The summed E-state index contributed by atoms with van der Waals surface area (Å²) in [5.41, 5.74) is -1.73. The maximum absolute atomic E-state index is 12.8. The monoisotopic (exact) mass is 304 g/mol. The summed E-state index contributed by atoms with van der Waals surface area (Å²) in [4.78, 5) is 0. The molecule has 2 fully saturated rings. The highest BCUT2D eigenvalue weighted by Gasteiger charge is 2.48. The minimum atomic E-state index is -4.41. The fraction of sp³-hybridized carbons (Fsp3) is 0.571. The van der Waals surface area contributed by atoms with E-state index in [1.807, 2.05) is 0 Å². The number of fused-ring (bicyclic) bond motifs is 2. The lowest BCUT2D eigenvalue weighted by Crippen LogP contribution is -2.40. The normalized spacial score (nSPS) is 37.1. The number of aliphatic hydroxyl groups is 1. The molecule has 0 spiro atoms. The van der Waals surface area contributed by atoms with Gasteiger partial charge in [-0.25, -0.2) is 0 Å². The van der Waals surface area contributed by atoms with Gasteiger partial charge in [0.2, 0.25) is 0 Å². The number of halogens is 3. The van der Waals surface area contributed by atoms with Crippen LogP contribution in [0.3, 0.4) is 0 Å². The molecular formula is C14H15F3O2S.